The lowest BCUT2D eigenvalue weighted by atomic mass is 10.1. The van der Waals surface area contributed by atoms with Crippen molar-refractivity contribution in [1.82, 2.24) is 5.16 Å². The Morgan fingerprint density at radius 1 is 1.50 bits per heavy atom. The molecule has 0 spiro atoms. The molecule has 2 N–H and O–H groups in total. The number of carbonyl (C=O) groups is 2. The van der Waals surface area contributed by atoms with Crippen LogP contribution in [0.2, 0.25) is 0 Å². The van der Waals surface area contributed by atoms with Crippen molar-refractivity contribution in [3.05, 3.63) is 35.2 Å². The van der Waals surface area contributed by atoms with Crippen molar-refractivity contribution in [2.24, 2.45) is 0 Å². The molecule has 0 bridgehead atoms. The maximum atomic E-state index is 12.4. The van der Waals surface area contributed by atoms with Crippen LogP contribution in [0.1, 0.15) is 28.7 Å². The molecular formula is C15H15N3O3S. The van der Waals surface area contributed by atoms with Crippen molar-refractivity contribution in [3.8, 4) is 0 Å². The van der Waals surface area contributed by atoms with E-state index >= 15 is 0 Å². The zero-order valence-electron chi connectivity index (χ0n) is 12.2. The van der Waals surface area contributed by atoms with Gasteiger partial charge in [-0.2, -0.15) is 0 Å². The first kappa shape index (κ1) is 14.6. The highest BCUT2D eigenvalue weighted by Crippen LogP contribution is 2.33. The molecule has 7 heteroatoms. The highest BCUT2D eigenvalue weighted by atomic mass is 32.2. The average Bonchev–Trinajstić information content (AvgIpc) is 2.87. The molecule has 0 radical (unpaired) electrons. The number of nitrogens with zero attached hydrogens (tertiary/aromatic N) is 1. The number of hydrogen-bond donors (Lipinski definition) is 2. The Bertz CT molecular complexity index is 754. The lowest BCUT2D eigenvalue weighted by Gasteiger charge is -2.17. The summed E-state index contributed by atoms with van der Waals surface area (Å²) in [4.78, 5) is 24.8. The molecule has 1 aromatic heterocycles. The molecule has 0 saturated heterocycles. The lowest BCUT2D eigenvalue weighted by molar-refractivity contribution is -0.113. The van der Waals surface area contributed by atoms with E-state index in [-0.39, 0.29) is 11.8 Å². The Labute approximate surface area is 131 Å². The summed E-state index contributed by atoms with van der Waals surface area (Å²) in [6.07, 6.45) is 0.622. The van der Waals surface area contributed by atoms with Crippen LogP contribution in [-0.2, 0) is 11.2 Å². The molecule has 6 nitrogen and oxygen atoms in total. The number of benzene rings is 1. The molecule has 0 saturated carbocycles. The van der Waals surface area contributed by atoms with E-state index in [9.17, 15) is 9.59 Å². The standard InChI is InChI=1S/C15H15N3O3S/c1-3-10-14(8(2)21-18-10)15(20)16-9-4-5-12-11(6-9)17-13(19)7-22-12/h4-6H,3,7H2,1-2H3,(H,16,20)(H,17,19). The fourth-order valence-corrected chi connectivity index (χ4v) is 3.09. The van der Waals surface area contributed by atoms with Crippen LogP contribution < -0.4 is 10.6 Å². The minimum atomic E-state index is -0.259. The van der Waals surface area contributed by atoms with Crippen molar-refractivity contribution in [2.75, 3.05) is 16.4 Å². The predicted molar refractivity (Wildman–Crippen MR) is 84.4 cm³/mol. The first-order chi connectivity index (χ1) is 10.6. The van der Waals surface area contributed by atoms with Gasteiger partial charge in [0.15, 0.2) is 0 Å². The third-order valence-electron chi connectivity index (χ3n) is 3.37. The van der Waals surface area contributed by atoms with Gasteiger partial charge in [0, 0.05) is 10.6 Å². The summed E-state index contributed by atoms with van der Waals surface area (Å²) in [5.74, 6) is 0.615. The lowest BCUT2D eigenvalue weighted by Crippen LogP contribution is -2.19. The van der Waals surface area contributed by atoms with Crippen molar-refractivity contribution in [2.45, 2.75) is 25.2 Å². The summed E-state index contributed by atoms with van der Waals surface area (Å²) < 4.78 is 5.08. The monoisotopic (exact) mass is 317 g/mol. The van der Waals surface area contributed by atoms with Crippen LogP contribution in [0.25, 0.3) is 0 Å². The average molecular weight is 317 g/mol. The number of hydrogen-bond acceptors (Lipinski definition) is 5. The van der Waals surface area contributed by atoms with Crippen molar-refractivity contribution in [1.29, 1.82) is 0 Å². The van der Waals surface area contributed by atoms with E-state index in [0.717, 1.165) is 10.6 Å². The molecule has 0 fully saturated rings. The zero-order valence-corrected chi connectivity index (χ0v) is 13.0. The van der Waals surface area contributed by atoms with Gasteiger partial charge in [-0.05, 0) is 31.5 Å². The summed E-state index contributed by atoms with van der Waals surface area (Å²) in [6, 6.07) is 5.46. The summed E-state index contributed by atoms with van der Waals surface area (Å²) >= 11 is 1.48. The van der Waals surface area contributed by atoms with Gasteiger partial charge in [0.1, 0.15) is 11.3 Å². The minimum absolute atomic E-state index is 0.0378. The van der Waals surface area contributed by atoms with E-state index in [0.29, 0.717) is 34.9 Å². The van der Waals surface area contributed by atoms with Crippen LogP contribution in [0.15, 0.2) is 27.6 Å². The molecular weight excluding hydrogens is 302 g/mol. The summed E-state index contributed by atoms with van der Waals surface area (Å²) in [5.41, 5.74) is 2.45. The van der Waals surface area contributed by atoms with Crippen LogP contribution in [0.5, 0.6) is 0 Å². The summed E-state index contributed by atoms with van der Waals surface area (Å²) in [5, 5.41) is 9.51. The number of thioether (sulfide) groups is 1. The molecule has 1 aliphatic heterocycles. The van der Waals surface area contributed by atoms with Crippen LogP contribution in [-0.4, -0.2) is 22.7 Å². The van der Waals surface area contributed by atoms with E-state index in [1.165, 1.54) is 11.8 Å². The van der Waals surface area contributed by atoms with Crippen LogP contribution >= 0.6 is 11.8 Å². The van der Waals surface area contributed by atoms with Gasteiger partial charge in [0.25, 0.3) is 5.91 Å². The number of rotatable bonds is 3. The maximum Gasteiger partial charge on any atom is 0.261 e. The Balaban J connectivity index is 1.84. The number of nitrogens with one attached hydrogen (secondary N) is 2. The second-order valence-electron chi connectivity index (χ2n) is 4.92. The SMILES string of the molecule is CCc1noc(C)c1C(=O)Nc1ccc2c(c1)NC(=O)CS2. The van der Waals surface area contributed by atoms with Crippen LogP contribution in [0.3, 0.4) is 0 Å². The quantitative estimate of drug-likeness (QED) is 0.909. The second-order valence-corrected chi connectivity index (χ2v) is 5.93. The van der Waals surface area contributed by atoms with Gasteiger partial charge in [-0.15, -0.1) is 11.8 Å². The van der Waals surface area contributed by atoms with Crippen LogP contribution in [0, 0.1) is 6.92 Å². The van der Waals surface area contributed by atoms with E-state index in [4.69, 9.17) is 4.52 Å². The molecule has 1 aliphatic rings. The number of amides is 2. The predicted octanol–water partition coefficient (Wildman–Crippen LogP) is 2.84. The fourth-order valence-electron chi connectivity index (χ4n) is 2.30. The van der Waals surface area contributed by atoms with Crippen LogP contribution in [0.4, 0.5) is 11.4 Å². The Morgan fingerprint density at radius 2 is 2.32 bits per heavy atom. The van der Waals surface area contributed by atoms with E-state index in [1.54, 1.807) is 13.0 Å². The van der Waals surface area contributed by atoms with Gasteiger partial charge >= 0.3 is 0 Å². The third-order valence-corrected chi connectivity index (χ3v) is 4.44. The molecule has 2 heterocycles. The topological polar surface area (TPSA) is 84.2 Å². The number of anilines is 2. The smallest absolute Gasteiger partial charge is 0.261 e. The van der Waals surface area contributed by atoms with Crippen molar-refractivity contribution in [3.63, 3.8) is 0 Å². The number of aromatic nitrogens is 1. The highest BCUT2D eigenvalue weighted by molar-refractivity contribution is 8.00. The molecule has 22 heavy (non-hydrogen) atoms. The Kier molecular flexibility index (Phi) is 3.89. The van der Waals surface area contributed by atoms with Gasteiger partial charge in [0.2, 0.25) is 5.91 Å². The fraction of sp³-hybridized carbons (Fsp3) is 0.267. The number of aryl methyl sites for hydroxylation is 2. The molecule has 0 atom stereocenters. The number of carbonyl (C=O) groups excluding carboxylic acids is 2. The first-order valence-electron chi connectivity index (χ1n) is 6.91. The molecule has 2 amide bonds. The summed E-state index contributed by atoms with van der Waals surface area (Å²) in [6.45, 7) is 3.63. The van der Waals surface area contributed by atoms with Gasteiger partial charge in [0.05, 0.1) is 17.1 Å². The first-order valence-corrected chi connectivity index (χ1v) is 7.90. The molecule has 0 unspecified atom stereocenters. The van der Waals surface area contributed by atoms with Gasteiger partial charge in [-0.25, -0.2) is 0 Å². The third kappa shape index (κ3) is 2.71. The zero-order chi connectivity index (χ0) is 15.7. The molecule has 114 valence electrons. The van der Waals surface area contributed by atoms with E-state index < -0.39 is 0 Å². The number of fused-ring (bicyclic) bond motifs is 1. The Hall–Kier alpha value is -2.28. The van der Waals surface area contributed by atoms with Gasteiger partial charge in [-0.3, -0.25) is 9.59 Å². The van der Waals surface area contributed by atoms with E-state index in [2.05, 4.69) is 15.8 Å². The largest absolute Gasteiger partial charge is 0.361 e. The van der Waals surface area contributed by atoms with Gasteiger partial charge in [-0.1, -0.05) is 12.1 Å². The maximum absolute atomic E-state index is 12.4. The van der Waals surface area contributed by atoms with Crippen molar-refractivity contribution < 1.29 is 14.1 Å². The van der Waals surface area contributed by atoms with Crippen molar-refractivity contribution >= 4 is 35.0 Å². The van der Waals surface area contributed by atoms with E-state index in [1.807, 2.05) is 19.1 Å². The molecule has 1 aromatic carbocycles. The highest BCUT2D eigenvalue weighted by Gasteiger charge is 2.20. The molecule has 3 rings (SSSR count). The minimum Gasteiger partial charge on any atom is -0.361 e. The molecule has 2 aromatic rings. The molecule has 0 aliphatic carbocycles. The second kappa shape index (κ2) is 5.84. The Morgan fingerprint density at radius 3 is 3.09 bits per heavy atom. The normalized spacial score (nSPS) is 13.5. The summed E-state index contributed by atoms with van der Waals surface area (Å²) in [7, 11) is 0. The van der Waals surface area contributed by atoms with Gasteiger partial charge < -0.3 is 15.2 Å².